The molecule has 0 aliphatic heterocycles. The van der Waals surface area contributed by atoms with Crippen molar-refractivity contribution in [2.75, 3.05) is 6.26 Å². The van der Waals surface area contributed by atoms with Crippen LogP contribution in [0.3, 0.4) is 0 Å². The van der Waals surface area contributed by atoms with Crippen LogP contribution in [0.1, 0.15) is 11.3 Å². The molecule has 0 amide bonds. The maximum atomic E-state index is 11.1. The van der Waals surface area contributed by atoms with Gasteiger partial charge in [0.05, 0.1) is 11.4 Å². The SMILES string of the molecule is Cc1ccc(-c2nc(CS(C)(=O)=O)co2)cc1. The van der Waals surface area contributed by atoms with E-state index in [1.165, 1.54) is 12.5 Å². The van der Waals surface area contributed by atoms with Gasteiger partial charge < -0.3 is 4.42 Å². The standard InChI is InChI=1S/C12H13NO3S/c1-9-3-5-10(6-4-9)12-13-11(7-16-12)8-17(2,14)15/h3-7H,8H2,1-2H3. The van der Waals surface area contributed by atoms with Crippen molar-refractivity contribution in [1.82, 2.24) is 4.98 Å². The molecule has 1 aromatic heterocycles. The summed E-state index contributed by atoms with van der Waals surface area (Å²) in [5, 5.41) is 0. The van der Waals surface area contributed by atoms with E-state index >= 15 is 0 Å². The third kappa shape index (κ3) is 3.17. The molecule has 0 unspecified atom stereocenters. The lowest BCUT2D eigenvalue weighted by Crippen LogP contribution is -2.00. The number of hydrogen-bond donors (Lipinski definition) is 0. The molecule has 0 atom stereocenters. The molecule has 0 aliphatic carbocycles. The van der Waals surface area contributed by atoms with Gasteiger partial charge in [-0.3, -0.25) is 0 Å². The summed E-state index contributed by atoms with van der Waals surface area (Å²) in [4.78, 5) is 4.15. The number of hydrogen-bond acceptors (Lipinski definition) is 4. The van der Waals surface area contributed by atoms with Crippen LogP contribution in [0.4, 0.5) is 0 Å². The van der Waals surface area contributed by atoms with E-state index in [2.05, 4.69) is 4.98 Å². The largest absolute Gasteiger partial charge is 0.444 e. The van der Waals surface area contributed by atoms with Crippen molar-refractivity contribution in [2.45, 2.75) is 12.7 Å². The molecule has 90 valence electrons. The zero-order chi connectivity index (χ0) is 12.5. The van der Waals surface area contributed by atoms with E-state index in [4.69, 9.17) is 4.42 Å². The Morgan fingerprint density at radius 1 is 1.24 bits per heavy atom. The molecule has 5 heteroatoms. The highest BCUT2D eigenvalue weighted by atomic mass is 32.2. The Labute approximate surface area is 100 Å². The molecule has 1 heterocycles. The minimum absolute atomic E-state index is 0.0949. The maximum Gasteiger partial charge on any atom is 0.226 e. The van der Waals surface area contributed by atoms with Gasteiger partial charge in [-0.2, -0.15) is 0 Å². The first-order valence-electron chi connectivity index (χ1n) is 5.13. The van der Waals surface area contributed by atoms with Crippen LogP contribution >= 0.6 is 0 Å². The first-order chi connectivity index (χ1) is 7.94. The Balaban J connectivity index is 2.27. The second kappa shape index (κ2) is 4.33. The topological polar surface area (TPSA) is 60.2 Å². The number of benzene rings is 1. The summed E-state index contributed by atoms with van der Waals surface area (Å²) in [7, 11) is -3.08. The summed E-state index contributed by atoms with van der Waals surface area (Å²) in [5.41, 5.74) is 2.43. The highest BCUT2D eigenvalue weighted by Crippen LogP contribution is 2.19. The Morgan fingerprint density at radius 3 is 2.47 bits per heavy atom. The molecule has 0 fully saturated rings. The molecule has 0 bridgehead atoms. The van der Waals surface area contributed by atoms with E-state index in [1.807, 2.05) is 31.2 Å². The van der Waals surface area contributed by atoms with Crippen molar-refractivity contribution in [1.29, 1.82) is 0 Å². The molecule has 0 aliphatic rings. The fourth-order valence-corrected chi connectivity index (χ4v) is 2.14. The van der Waals surface area contributed by atoms with Gasteiger partial charge in [0.25, 0.3) is 0 Å². The number of nitrogens with zero attached hydrogens (tertiary/aromatic N) is 1. The Morgan fingerprint density at radius 2 is 1.88 bits per heavy atom. The summed E-state index contributed by atoms with van der Waals surface area (Å²) >= 11 is 0. The highest BCUT2D eigenvalue weighted by Gasteiger charge is 2.11. The molecular weight excluding hydrogens is 238 g/mol. The molecule has 0 saturated carbocycles. The number of sulfone groups is 1. The molecule has 2 rings (SSSR count). The lowest BCUT2D eigenvalue weighted by Gasteiger charge is -1.95. The summed E-state index contributed by atoms with van der Waals surface area (Å²) in [6.45, 7) is 1.99. The molecule has 0 saturated heterocycles. The smallest absolute Gasteiger partial charge is 0.226 e. The third-order valence-corrected chi connectivity index (χ3v) is 3.08. The minimum atomic E-state index is -3.08. The van der Waals surface area contributed by atoms with Crippen LogP contribution in [0.5, 0.6) is 0 Å². The van der Waals surface area contributed by atoms with Crippen LogP contribution < -0.4 is 0 Å². The minimum Gasteiger partial charge on any atom is -0.444 e. The van der Waals surface area contributed by atoms with Gasteiger partial charge in [0.15, 0.2) is 9.84 Å². The van der Waals surface area contributed by atoms with Crippen molar-refractivity contribution in [3.63, 3.8) is 0 Å². The lowest BCUT2D eigenvalue weighted by atomic mass is 10.1. The van der Waals surface area contributed by atoms with Crippen LogP contribution in [0.25, 0.3) is 11.5 Å². The average Bonchev–Trinajstić information content (AvgIpc) is 2.64. The summed E-state index contributed by atoms with van der Waals surface area (Å²) < 4.78 is 27.5. The molecule has 0 spiro atoms. The van der Waals surface area contributed by atoms with E-state index < -0.39 is 9.84 Å². The fraction of sp³-hybridized carbons (Fsp3) is 0.250. The van der Waals surface area contributed by atoms with Gasteiger partial charge in [0.2, 0.25) is 5.89 Å². The van der Waals surface area contributed by atoms with Crippen LogP contribution in [-0.2, 0) is 15.6 Å². The van der Waals surface area contributed by atoms with Crippen molar-refractivity contribution in [2.24, 2.45) is 0 Å². The number of oxazole rings is 1. The Hall–Kier alpha value is -1.62. The molecule has 1 aromatic carbocycles. The molecule has 4 nitrogen and oxygen atoms in total. The first-order valence-corrected chi connectivity index (χ1v) is 7.19. The number of aryl methyl sites for hydroxylation is 1. The second-order valence-electron chi connectivity index (χ2n) is 4.08. The summed E-state index contributed by atoms with van der Waals surface area (Å²) in [6.07, 6.45) is 2.56. The zero-order valence-corrected chi connectivity index (χ0v) is 10.5. The highest BCUT2D eigenvalue weighted by molar-refractivity contribution is 7.89. The van der Waals surface area contributed by atoms with E-state index in [0.29, 0.717) is 11.6 Å². The number of rotatable bonds is 3. The van der Waals surface area contributed by atoms with Gasteiger partial charge >= 0.3 is 0 Å². The van der Waals surface area contributed by atoms with Crippen molar-refractivity contribution in [3.8, 4) is 11.5 Å². The van der Waals surface area contributed by atoms with Crippen LogP contribution in [0.15, 0.2) is 34.9 Å². The predicted molar refractivity (Wildman–Crippen MR) is 65.2 cm³/mol. The van der Waals surface area contributed by atoms with E-state index in [9.17, 15) is 8.42 Å². The average molecular weight is 251 g/mol. The van der Waals surface area contributed by atoms with Gasteiger partial charge in [-0.15, -0.1) is 0 Å². The van der Waals surface area contributed by atoms with E-state index in [0.717, 1.165) is 11.1 Å². The Kier molecular flexibility index (Phi) is 3.02. The quantitative estimate of drug-likeness (QED) is 0.839. The molecule has 0 radical (unpaired) electrons. The van der Waals surface area contributed by atoms with Gasteiger partial charge in [-0.25, -0.2) is 13.4 Å². The normalized spacial score (nSPS) is 11.6. The van der Waals surface area contributed by atoms with E-state index in [1.54, 1.807) is 0 Å². The third-order valence-electron chi connectivity index (χ3n) is 2.26. The van der Waals surface area contributed by atoms with Crippen LogP contribution in [-0.4, -0.2) is 19.7 Å². The molecule has 17 heavy (non-hydrogen) atoms. The van der Waals surface area contributed by atoms with Gasteiger partial charge in [-0.05, 0) is 19.1 Å². The summed E-state index contributed by atoms with van der Waals surface area (Å²) in [6, 6.07) is 7.70. The van der Waals surface area contributed by atoms with Gasteiger partial charge in [-0.1, -0.05) is 17.7 Å². The first kappa shape index (κ1) is 11.9. The van der Waals surface area contributed by atoms with Crippen molar-refractivity contribution < 1.29 is 12.8 Å². The van der Waals surface area contributed by atoms with Crippen molar-refractivity contribution >= 4 is 9.84 Å². The van der Waals surface area contributed by atoms with Crippen LogP contribution in [0.2, 0.25) is 0 Å². The maximum absolute atomic E-state index is 11.1. The van der Waals surface area contributed by atoms with E-state index in [-0.39, 0.29) is 5.75 Å². The van der Waals surface area contributed by atoms with Crippen molar-refractivity contribution in [3.05, 3.63) is 41.8 Å². The lowest BCUT2D eigenvalue weighted by molar-refractivity contribution is 0.572. The zero-order valence-electron chi connectivity index (χ0n) is 9.67. The van der Waals surface area contributed by atoms with Gasteiger partial charge in [0, 0.05) is 11.8 Å². The molecule has 2 aromatic rings. The van der Waals surface area contributed by atoms with Crippen LogP contribution in [0, 0.1) is 6.92 Å². The second-order valence-corrected chi connectivity index (χ2v) is 6.22. The molecule has 0 N–H and O–H groups in total. The fourth-order valence-electron chi connectivity index (χ4n) is 1.47. The Bertz CT molecular complexity index is 611. The number of aromatic nitrogens is 1. The predicted octanol–water partition coefficient (Wildman–Crippen LogP) is 2.19. The van der Waals surface area contributed by atoms with Gasteiger partial charge in [0.1, 0.15) is 6.26 Å². The summed E-state index contributed by atoms with van der Waals surface area (Å²) in [5.74, 6) is 0.353. The monoisotopic (exact) mass is 251 g/mol. The molecular formula is C12H13NO3S.